The Bertz CT molecular complexity index is 683. The molecule has 0 radical (unpaired) electrons. The molecule has 0 bridgehead atoms. The van der Waals surface area contributed by atoms with Crippen molar-refractivity contribution in [3.8, 4) is 0 Å². The van der Waals surface area contributed by atoms with Crippen molar-refractivity contribution in [1.29, 1.82) is 0 Å². The normalized spacial score (nSPS) is 15.9. The van der Waals surface area contributed by atoms with E-state index < -0.39 is 0 Å². The largest absolute Gasteiger partial charge is 0.358 e. The maximum absolute atomic E-state index is 12.4. The van der Waals surface area contributed by atoms with Crippen molar-refractivity contribution in [3.05, 3.63) is 35.0 Å². The number of hydrogen-bond acceptors (Lipinski definition) is 2. The molecule has 4 heteroatoms. The number of aromatic nitrogens is 1. The Morgan fingerprint density at radius 2 is 2.04 bits per heavy atom. The van der Waals surface area contributed by atoms with Gasteiger partial charge >= 0.3 is 0 Å². The third-order valence-corrected chi connectivity index (χ3v) is 4.94. The topological polar surface area (TPSA) is 48.1 Å². The summed E-state index contributed by atoms with van der Waals surface area (Å²) in [7, 11) is 0. The summed E-state index contributed by atoms with van der Waals surface area (Å²) in [6, 6.07) is 5.94. The molecular formula is C19H27N3O. The van der Waals surface area contributed by atoms with Gasteiger partial charge in [0.2, 0.25) is 0 Å². The van der Waals surface area contributed by atoms with E-state index in [-0.39, 0.29) is 5.91 Å². The number of rotatable bonds is 5. The molecule has 0 atom stereocenters. The minimum atomic E-state index is 0.0301. The van der Waals surface area contributed by atoms with E-state index >= 15 is 0 Å². The van der Waals surface area contributed by atoms with Crippen LogP contribution in [0, 0.1) is 6.92 Å². The highest BCUT2D eigenvalue weighted by Gasteiger charge is 2.12. The molecule has 4 nitrogen and oxygen atoms in total. The van der Waals surface area contributed by atoms with Gasteiger partial charge < -0.3 is 15.2 Å². The fraction of sp³-hybridized carbons (Fsp3) is 0.526. The van der Waals surface area contributed by atoms with E-state index in [1.807, 2.05) is 18.2 Å². The maximum atomic E-state index is 12.4. The first-order valence-electron chi connectivity index (χ1n) is 8.81. The molecule has 2 heterocycles. The number of hydrogen-bond donors (Lipinski definition) is 2. The van der Waals surface area contributed by atoms with Crippen LogP contribution in [0.4, 0.5) is 0 Å². The van der Waals surface area contributed by atoms with E-state index in [1.54, 1.807) is 0 Å². The average Bonchev–Trinajstić information content (AvgIpc) is 2.91. The van der Waals surface area contributed by atoms with Crippen LogP contribution in [0.5, 0.6) is 0 Å². The molecule has 1 fully saturated rings. The van der Waals surface area contributed by atoms with Crippen molar-refractivity contribution in [2.75, 3.05) is 26.2 Å². The van der Waals surface area contributed by atoms with Crippen molar-refractivity contribution < 1.29 is 4.79 Å². The van der Waals surface area contributed by atoms with Crippen LogP contribution >= 0.6 is 0 Å². The molecular weight excluding hydrogens is 286 g/mol. The lowest BCUT2D eigenvalue weighted by atomic mass is 10.1. The average molecular weight is 313 g/mol. The highest BCUT2D eigenvalue weighted by Crippen LogP contribution is 2.23. The minimum absolute atomic E-state index is 0.0301. The van der Waals surface area contributed by atoms with Crippen LogP contribution in [-0.4, -0.2) is 42.0 Å². The van der Waals surface area contributed by atoms with E-state index in [2.05, 4.69) is 29.0 Å². The van der Waals surface area contributed by atoms with Crippen molar-refractivity contribution in [3.63, 3.8) is 0 Å². The lowest BCUT2D eigenvalue weighted by Gasteiger charge is -2.26. The lowest BCUT2D eigenvalue weighted by Crippen LogP contribution is -2.37. The van der Waals surface area contributed by atoms with Crippen molar-refractivity contribution in [1.82, 2.24) is 15.2 Å². The summed E-state index contributed by atoms with van der Waals surface area (Å²) >= 11 is 0. The van der Waals surface area contributed by atoms with E-state index in [0.29, 0.717) is 0 Å². The van der Waals surface area contributed by atoms with Crippen LogP contribution in [0.15, 0.2) is 18.2 Å². The Labute approximate surface area is 138 Å². The smallest absolute Gasteiger partial charge is 0.251 e. The molecule has 2 aromatic rings. The van der Waals surface area contributed by atoms with Gasteiger partial charge in [-0.15, -0.1) is 0 Å². The summed E-state index contributed by atoms with van der Waals surface area (Å²) in [6.07, 6.45) is 4.91. The van der Waals surface area contributed by atoms with E-state index in [4.69, 9.17) is 0 Å². The quantitative estimate of drug-likeness (QED) is 0.890. The number of nitrogens with zero attached hydrogens (tertiary/aromatic N) is 1. The second-order valence-corrected chi connectivity index (χ2v) is 6.50. The highest BCUT2D eigenvalue weighted by molar-refractivity contribution is 5.99. The fourth-order valence-electron chi connectivity index (χ4n) is 3.49. The number of amides is 1. The molecule has 1 amide bonds. The lowest BCUT2D eigenvalue weighted by molar-refractivity contribution is 0.0946. The molecule has 0 aliphatic carbocycles. The predicted octanol–water partition coefficient (Wildman–Crippen LogP) is 3.25. The number of aromatic amines is 1. The zero-order valence-electron chi connectivity index (χ0n) is 14.2. The van der Waals surface area contributed by atoms with Crippen LogP contribution in [0.25, 0.3) is 10.9 Å². The molecule has 1 aromatic carbocycles. The van der Waals surface area contributed by atoms with Crippen LogP contribution in [-0.2, 0) is 6.42 Å². The Kier molecular flexibility index (Phi) is 5.01. The monoisotopic (exact) mass is 313 g/mol. The van der Waals surface area contributed by atoms with Crippen LogP contribution in [0.2, 0.25) is 0 Å². The summed E-state index contributed by atoms with van der Waals surface area (Å²) in [5.41, 5.74) is 4.37. The van der Waals surface area contributed by atoms with E-state index in [1.165, 1.54) is 43.6 Å². The van der Waals surface area contributed by atoms with Gasteiger partial charge in [0.25, 0.3) is 5.91 Å². The van der Waals surface area contributed by atoms with Gasteiger partial charge in [-0.25, -0.2) is 0 Å². The second kappa shape index (κ2) is 7.18. The first-order chi connectivity index (χ1) is 11.2. The number of fused-ring (bicyclic) bond motifs is 1. The summed E-state index contributed by atoms with van der Waals surface area (Å²) in [5.74, 6) is 0.0301. The van der Waals surface area contributed by atoms with Gasteiger partial charge in [0, 0.05) is 35.2 Å². The van der Waals surface area contributed by atoms with E-state index in [9.17, 15) is 4.79 Å². The molecule has 124 valence electrons. The Balaban J connectivity index is 1.62. The fourth-order valence-corrected chi connectivity index (χ4v) is 3.49. The van der Waals surface area contributed by atoms with Gasteiger partial charge in [-0.3, -0.25) is 4.79 Å². The number of carbonyl (C=O) groups excluding carboxylic acids is 1. The number of aryl methyl sites for hydroxylation is 2. The summed E-state index contributed by atoms with van der Waals surface area (Å²) in [5, 5.41) is 4.22. The zero-order chi connectivity index (χ0) is 16.2. The highest BCUT2D eigenvalue weighted by atomic mass is 16.1. The van der Waals surface area contributed by atoms with E-state index in [0.717, 1.165) is 36.0 Å². The van der Waals surface area contributed by atoms with Gasteiger partial charge in [-0.1, -0.05) is 13.3 Å². The minimum Gasteiger partial charge on any atom is -0.358 e. The Hall–Kier alpha value is -1.81. The Morgan fingerprint density at radius 1 is 1.26 bits per heavy atom. The molecule has 1 aliphatic rings. The van der Waals surface area contributed by atoms with Crippen LogP contribution < -0.4 is 5.32 Å². The van der Waals surface area contributed by atoms with Crippen LogP contribution in [0.1, 0.15) is 47.8 Å². The molecule has 1 aromatic heterocycles. The maximum Gasteiger partial charge on any atom is 0.251 e. The first-order valence-corrected chi connectivity index (χ1v) is 8.81. The van der Waals surface area contributed by atoms with Crippen LogP contribution in [0.3, 0.4) is 0 Å². The zero-order valence-corrected chi connectivity index (χ0v) is 14.2. The number of nitrogens with one attached hydrogen (secondary N) is 2. The Morgan fingerprint density at radius 3 is 2.78 bits per heavy atom. The van der Waals surface area contributed by atoms with Crippen molar-refractivity contribution in [2.24, 2.45) is 0 Å². The predicted molar refractivity (Wildman–Crippen MR) is 95.0 cm³/mol. The van der Waals surface area contributed by atoms with Crippen molar-refractivity contribution in [2.45, 2.75) is 39.5 Å². The molecule has 0 unspecified atom stereocenters. The SMILES string of the molecule is CCc1[nH]c2ccc(C(=O)NCCN3CCCCC3)cc2c1C. The number of benzene rings is 1. The summed E-state index contributed by atoms with van der Waals surface area (Å²) in [4.78, 5) is 18.2. The molecule has 1 saturated heterocycles. The van der Waals surface area contributed by atoms with Gasteiger partial charge in [-0.05, 0) is 63.0 Å². The van der Waals surface area contributed by atoms with Crippen molar-refractivity contribution >= 4 is 16.8 Å². The number of H-pyrrole nitrogens is 1. The molecule has 3 rings (SSSR count). The number of likely N-dealkylation sites (tertiary alicyclic amines) is 1. The van der Waals surface area contributed by atoms with Gasteiger partial charge in [0.1, 0.15) is 0 Å². The van der Waals surface area contributed by atoms with Gasteiger partial charge in [-0.2, -0.15) is 0 Å². The number of piperidine rings is 1. The molecule has 0 saturated carbocycles. The van der Waals surface area contributed by atoms with Gasteiger partial charge in [0.05, 0.1) is 0 Å². The van der Waals surface area contributed by atoms with Gasteiger partial charge in [0.15, 0.2) is 0 Å². The summed E-state index contributed by atoms with van der Waals surface area (Å²) < 4.78 is 0. The third-order valence-electron chi connectivity index (χ3n) is 4.94. The summed E-state index contributed by atoms with van der Waals surface area (Å²) in [6.45, 7) is 8.29. The molecule has 23 heavy (non-hydrogen) atoms. The number of carbonyl (C=O) groups is 1. The molecule has 2 N–H and O–H groups in total. The molecule has 0 spiro atoms. The first kappa shape index (κ1) is 16.1. The standard InChI is InChI=1S/C19H27N3O/c1-3-17-14(2)16-13-15(7-8-18(16)21-17)19(23)20-9-12-22-10-5-4-6-11-22/h7-8,13,21H,3-6,9-12H2,1-2H3,(H,20,23). The third kappa shape index (κ3) is 3.58. The molecule has 1 aliphatic heterocycles. The second-order valence-electron chi connectivity index (χ2n) is 6.50.